The summed E-state index contributed by atoms with van der Waals surface area (Å²) in [6.07, 6.45) is -2.66. The molecule has 0 radical (unpaired) electrons. The lowest BCUT2D eigenvalue weighted by Crippen LogP contribution is -2.31. The first-order chi connectivity index (χ1) is 8.34. The number of alkyl halides is 2. The van der Waals surface area contributed by atoms with Gasteiger partial charge in [-0.25, -0.2) is 8.78 Å². The van der Waals surface area contributed by atoms with Crippen molar-refractivity contribution in [3.05, 3.63) is 38.3 Å². The average molecular weight is 323 g/mol. The molecule has 0 fully saturated rings. The van der Waals surface area contributed by atoms with Crippen molar-refractivity contribution in [2.24, 2.45) is 0 Å². The van der Waals surface area contributed by atoms with Crippen LogP contribution in [0.25, 0.3) is 0 Å². The number of hydrogen-bond donors (Lipinski definition) is 0. The fourth-order valence-electron chi connectivity index (χ4n) is 1.32. The summed E-state index contributed by atoms with van der Waals surface area (Å²) >= 11 is 2.94. The van der Waals surface area contributed by atoms with Gasteiger partial charge in [0.05, 0.1) is 17.0 Å². The van der Waals surface area contributed by atoms with Crippen molar-refractivity contribution in [2.45, 2.75) is 6.43 Å². The highest BCUT2D eigenvalue weighted by atomic mass is 79.9. The van der Waals surface area contributed by atoms with Gasteiger partial charge >= 0.3 is 0 Å². The van der Waals surface area contributed by atoms with Crippen molar-refractivity contribution < 1.29 is 18.5 Å². The smallest absolute Gasteiger partial charge is 0.284 e. The van der Waals surface area contributed by atoms with E-state index in [9.17, 15) is 23.7 Å². The van der Waals surface area contributed by atoms with E-state index in [1.165, 1.54) is 25.2 Å². The lowest BCUT2D eigenvalue weighted by Gasteiger charge is -2.17. The van der Waals surface area contributed by atoms with E-state index in [4.69, 9.17) is 0 Å². The Hall–Kier alpha value is -1.57. The summed E-state index contributed by atoms with van der Waals surface area (Å²) in [5, 5.41) is 10.7. The van der Waals surface area contributed by atoms with E-state index in [-0.39, 0.29) is 15.7 Å². The summed E-state index contributed by atoms with van der Waals surface area (Å²) in [7, 11) is 1.21. The monoisotopic (exact) mass is 322 g/mol. The van der Waals surface area contributed by atoms with Gasteiger partial charge in [0.2, 0.25) is 0 Å². The zero-order valence-electron chi connectivity index (χ0n) is 9.27. The molecule has 18 heavy (non-hydrogen) atoms. The first-order valence-corrected chi connectivity index (χ1v) is 5.60. The molecule has 1 aromatic rings. The van der Waals surface area contributed by atoms with Crippen LogP contribution in [-0.4, -0.2) is 35.7 Å². The molecule has 5 nitrogen and oxygen atoms in total. The quantitative estimate of drug-likeness (QED) is 0.632. The van der Waals surface area contributed by atoms with Gasteiger partial charge in [0.15, 0.2) is 0 Å². The van der Waals surface area contributed by atoms with Gasteiger partial charge in [-0.3, -0.25) is 14.9 Å². The summed E-state index contributed by atoms with van der Waals surface area (Å²) in [5.41, 5.74) is -0.307. The molecule has 0 atom stereocenters. The third kappa shape index (κ3) is 3.22. The highest BCUT2D eigenvalue weighted by Gasteiger charge is 2.23. The molecule has 1 amide bonds. The number of nitro benzene ring substituents is 1. The second-order valence-electron chi connectivity index (χ2n) is 3.47. The highest BCUT2D eigenvalue weighted by Crippen LogP contribution is 2.28. The minimum Gasteiger partial charge on any atom is -0.336 e. The summed E-state index contributed by atoms with van der Waals surface area (Å²) in [4.78, 5) is 22.6. The molecule has 0 aliphatic heterocycles. The number of nitrogens with zero attached hydrogens (tertiary/aromatic N) is 2. The van der Waals surface area contributed by atoms with Gasteiger partial charge in [0.25, 0.3) is 18.0 Å². The predicted octanol–water partition coefficient (Wildman–Crippen LogP) is 2.69. The number of amides is 1. The number of rotatable bonds is 4. The summed E-state index contributed by atoms with van der Waals surface area (Å²) in [6.45, 7) is -0.728. The van der Waals surface area contributed by atoms with E-state index in [0.717, 1.165) is 4.90 Å². The van der Waals surface area contributed by atoms with Gasteiger partial charge < -0.3 is 4.90 Å². The van der Waals surface area contributed by atoms with E-state index in [1.54, 1.807) is 0 Å². The van der Waals surface area contributed by atoms with Gasteiger partial charge in [-0.15, -0.1) is 0 Å². The number of carbonyl (C=O) groups excluding carboxylic acids is 1. The zero-order valence-corrected chi connectivity index (χ0v) is 10.9. The first-order valence-electron chi connectivity index (χ1n) is 4.81. The van der Waals surface area contributed by atoms with Crippen LogP contribution in [0.15, 0.2) is 22.7 Å². The molecule has 0 N–H and O–H groups in total. The van der Waals surface area contributed by atoms with E-state index in [1.807, 2.05) is 0 Å². The van der Waals surface area contributed by atoms with Crippen molar-refractivity contribution in [1.82, 2.24) is 4.90 Å². The molecule has 0 unspecified atom stereocenters. The number of carbonyl (C=O) groups is 1. The van der Waals surface area contributed by atoms with Gasteiger partial charge in [-0.2, -0.15) is 0 Å². The molecule has 0 aromatic heterocycles. The molecule has 0 bridgehead atoms. The van der Waals surface area contributed by atoms with Crippen LogP contribution in [0, 0.1) is 10.1 Å². The largest absolute Gasteiger partial charge is 0.336 e. The molecule has 0 aliphatic rings. The summed E-state index contributed by atoms with van der Waals surface area (Å²) < 4.78 is 24.3. The molecule has 98 valence electrons. The van der Waals surface area contributed by atoms with E-state index >= 15 is 0 Å². The minimum absolute atomic E-state index is 0.0129. The van der Waals surface area contributed by atoms with Crippen LogP contribution in [0.5, 0.6) is 0 Å². The van der Waals surface area contributed by atoms with Crippen molar-refractivity contribution in [3.63, 3.8) is 0 Å². The fraction of sp³-hybridized carbons (Fsp3) is 0.300. The van der Waals surface area contributed by atoms with Crippen LogP contribution < -0.4 is 0 Å². The third-order valence-electron chi connectivity index (χ3n) is 2.16. The number of halogens is 3. The second kappa shape index (κ2) is 5.85. The Morgan fingerprint density at radius 3 is 2.67 bits per heavy atom. The Morgan fingerprint density at radius 1 is 1.56 bits per heavy atom. The summed E-state index contributed by atoms with van der Waals surface area (Å²) in [6, 6.07) is 3.88. The van der Waals surface area contributed by atoms with Gasteiger partial charge in [0.1, 0.15) is 4.47 Å². The van der Waals surface area contributed by atoms with Crippen molar-refractivity contribution >= 4 is 27.5 Å². The van der Waals surface area contributed by atoms with E-state index in [0.29, 0.717) is 0 Å². The van der Waals surface area contributed by atoms with Crippen LogP contribution in [0.4, 0.5) is 14.5 Å². The molecular formula is C10H9BrF2N2O3. The lowest BCUT2D eigenvalue weighted by atomic mass is 10.2. The molecule has 8 heteroatoms. The molecular weight excluding hydrogens is 314 g/mol. The zero-order chi connectivity index (χ0) is 13.9. The maximum Gasteiger partial charge on any atom is 0.284 e. The molecule has 0 heterocycles. The topological polar surface area (TPSA) is 63.5 Å². The van der Waals surface area contributed by atoms with Crippen molar-refractivity contribution in [3.8, 4) is 0 Å². The van der Waals surface area contributed by atoms with Crippen LogP contribution >= 0.6 is 15.9 Å². The Morgan fingerprint density at radius 2 is 2.17 bits per heavy atom. The standard InChI is InChI=1S/C10H9BrF2N2O3/c1-14(5-8(12)13)10(16)6-3-2-4-7(9(6)11)15(17)18/h2-4,8H,5H2,1H3. The Bertz CT molecular complexity index is 482. The summed E-state index contributed by atoms with van der Waals surface area (Å²) in [5.74, 6) is -0.703. The van der Waals surface area contributed by atoms with Gasteiger partial charge in [-0.05, 0) is 22.0 Å². The van der Waals surface area contributed by atoms with Crippen molar-refractivity contribution in [2.75, 3.05) is 13.6 Å². The molecule has 0 saturated heterocycles. The highest BCUT2D eigenvalue weighted by molar-refractivity contribution is 9.10. The molecule has 0 spiro atoms. The average Bonchev–Trinajstić information content (AvgIpc) is 2.27. The number of hydrogen-bond acceptors (Lipinski definition) is 3. The van der Waals surface area contributed by atoms with Crippen molar-refractivity contribution in [1.29, 1.82) is 0 Å². The molecule has 1 aromatic carbocycles. The fourth-order valence-corrected chi connectivity index (χ4v) is 1.90. The lowest BCUT2D eigenvalue weighted by molar-refractivity contribution is -0.385. The maximum absolute atomic E-state index is 12.2. The van der Waals surface area contributed by atoms with E-state index < -0.39 is 23.8 Å². The minimum atomic E-state index is -2.66. The second-order valence-corrected chi connectivity index (χ2v) is 4.27. The predicted molar refractivity (Wildman–Crippen MR) is 63.8 cm³/mol. The van der Waals surface area contributed by atoms with Gasteiger partial charge in [0, 0.05) is 13.1 Å². The molecule has 1 rings (SSSR count). The Balaban J connectivity index is 3.07. The number of nitro groups is 1. The van der Waals surface area contributed by atoms with Crippen LogP contribution in [-0.2, 0) is 0 Å². The maximum atomic E-state index is 12.2. The van der Waals surface area contributed by atoms with Gasteiger partial charge in [-0.1, -0.05) is 6.07 Å². The van der Waals surface area contributed by atoms with Crippen LogP contribution in [0.1, 0.15) is 10.4 Å². The Kier molecular flexibility index (Phi) is 4.71. The third-order valence-corrected chi connectivity index (χ3v) is 3.00. The van der Waals surface area contributed by atoms with Crippen LogP contribution in [0.2, 0.25) is 0 Å². The Labute approximate surface area is 110 Å². The molecule has 0 aliphatic carbocycles. The SMILES string of the molecule is CN(CC(F)F)C(=O)c1cccc([N+](=O)[O-])c1Br. The molecule has 0 saturated carbocycles. The first kappa shape index (κ1) is 14.5. The normalized spacial score (nSPS) is 10.5. The van der Waals surface area contributed by atoms with Crippen LogP contribution in [0.3, 0.4) is 0 Å². The number of benzene rings is 1. The van der Waals surface area contributed by atoms with E-state index in [2.05, 4.69) is 15.9 Å².